The fraction of sp³-hybridized carbons (Fsp3) is 0.286. The van der Waals surface area contributed by atoms with E-state index in [0.29, 0.717) is 5.56 Å². The van der Waals surface area contributed by atoms with Crippen LogP contribution in [0.1, 0.15) is 23.7 Å². The number of hydrogen-bond acceptors (Lipinski definition) is 5. The molecule has 0 bridgehead atoms. The molecule has 3 N–H and O–H groups in total. The maximum absolute atomic E-state index is 12.0. The highest BCUT2D eigenvalue weighted by Gasteiger charge is 2.20. The third-order valence-electron chi connectivity index (χ3n) is 2.65. The molecule has 0 aliphatic rings. The lowest BCUT2D eigenvalue weighted by Crippen LogP contribution is -2.38. The zero-order valence-corrected chi connectivity index (χ0v) is 13.4. The molecule has 0 fully saturated rings. The molecule has 0 aliphatic carbocycles. The number of hydrogen-bond donors (Lipinski definition) is 2. The second-order valence-electron chi connectivity index (χ2n) is 4.56. The Morgan fingerprint density at radius 3 is 2.59 bits per heavy atom. The third-order valence-corrected chi connectivity index (χ3v) is 3.14. The van der Waals surface area contributed by atoms with Gasteiger partial charge in [0.2, 0.25) is 0 Å². The van der Waals surface area contributed by atoms with Gasteiger partial charge in [-0.05, 0) is 12.1 Å². The third kappa shape index (κ3) is 6.04. The number of esters is 1. The van der Waals surface area contributed by atoms with E-state index >= 15 is 0 Å². The molecule has 7 nitrogen and oxygen atoms in total. The van der Waals surface area contributed by atoms with Crippen LogP contribution in [0, 0.1) is 5.92 Å². The van der Waals surface area contributed by atoms with Gasteiger partial charge in [-0.2, -0.15) is 0 Å². The molecule has 0 spiro atoms. The van der Waals surface area contributed by atoms with E-state index < -0.39 is 30.4 Å². The fourth-order valence-electron chi connectivity index (χ4n) is 1.59. The SMILES string of the molecule is C[C@@H](CC(=O)c1cccc(Br)c1)C(=O)OCC(=O)NC(N)=O. The molecule has 0 saturated carbocycles. The van der Waals surface area contributed by atoms with Crippen LogP contribution in [0.4, 0.5) is 4.79 Å². The number of urea groups is 1. The average Bonchev–Trinajstić information content (AvgIpc) is 2.43. The van der Waals surface area contributed by atoms with Gasteiger partial charge in [0.1, 0.15) is 0 Å². The van der Waals surface area contributed by atoms with Crippen LogP contribution in [0.2, 0.25) is 0 Å². The molecule has 1 aromatic rings. The fourth-order valence-corrected chi connectivity index (χ4v) is 1.99. The molecule has 118 valence electrons. The molecule has 0 heterocycles. The van der Waals surface area contributed by atoms with Crippen molar-refractivity contribution in [2.45, 2.75) is 13.3 Å². The number of halogens is 1. The van der Waals surface area contributed by atoms with Gasteiger partial charge < -0.3 is 10.5 Å². The molecule has 1 rings (SSSR count). The Hall–Kier alpha value is -2.22. The van der Waals surface area contributed by atoms with Gasteiger partial charge in [0.15, 0.2) is 12.4 Å². The van der Waals surface area contributed by atoms with Crippen LogP contribution >= 0.6 is 15.9 Å². The Morgan fingerprint density at radius 2 is 2.00 bits per heavy atom. The predicted molar refractivity (Wildman–Crippen MR) is 80.9 cm³/mol. The van der Waals surface area contributed by atoms with Crippen LogP contribution in [0.3, 0.4) is 0 Å². The number of ether oxygens (including phenoxy) is 1. The normalized spacial score (nSPS) is 11.4. The zero-order valence-electron chi connectivity index (χ0n) is 11.8. The number of rotatable bonds is 6. The Morgan fingerprint density at radius 1 is 1.32 bits per heavy atom. The zero-order chi connectivity index (χ0) is 16.7. The molecular weight excluding hydrogens is 356 g/mol. The first-order valence-corrected chi connectivity index (χ1v) is 7.13. The van der Waals surface area contributed by atoms with Crippen molar-refractivity contribution in [3.63, 3.8) is 0 Å². The van der Waals surface area contributed by atoms with Crippen molar-refractivity contribution in [2.75, 3.05) is 6.61 Å². The van der Waals surface area contributed by atoms with Crippen molar-refractivity contribution in [3.05, 3.63) is 34.3 Å². The second-order valence-corrected chi connectivity index (χ2v) is 5.47. The quantitative estimate of drug-likeness (QED) is 0.579. The van der Waals surface area contributed by atoms with Gasteiger partial charge in [0.25, 0.3) is 5.91 Å². The van der Waals surface area contributed by atoms with E-state index in [4.69, 9.17) is 10.5 Å². The van der Waals surface area contributed by atoms with E-state index in [9.17, 15) is 19.2 Å². The van der Waals surface area contributed by atoms with Gasteiger partial charge in [-0.15, -0.1) is 0 Å². The van der Waals surface area contributed by atoms with E-state index in [-0.39, 0.29) is 12.2 Å². The molecule has 0 radical (unpaired) electrons. The van der Waals surface area contributed by atoms with Crippen molar-refractivity contribution in [1.82, 2.24) is 5.32 Å². The van der Waals surface area contributed by atoms with E-state index in [1.807, 2.05) is 0 Å². The molecule has 1 atom stereocenters. The number of amides is 3. The monoisotopic (exact) mass is 370 g/mol. The summed E-state index contributed by atoms with van der Waals surface area (Å²) >= 11 is 3.26. The topological polar surface area (TPSA) is 116 Å². The van der Waals surface area contributed by atoms with Crippen molar-refractivity contribution >= 4 is 39.6 Å². The second kappa shape index (κ2) is 8.28. The molecule has 8 heteroatoms. The van der Waals surface area contributed by atoms with Crippen LogP contribution in [0.25, 0.3) is 0 Å². The van der Waals surface area contributed by atoms with Crippen LogP contribution in [-0.2, 0) is 14.3 Å². The van der Waals surface area contributed by atoms with Gasteiger partial charge >= 0.3 is 12.0 Å². The molecule has 1 aromatic carbocycles. The molecule has 3 amide bonds. The van der Waals surface area contributed by atoms with Crippen LogP contribution in [0.5, 0.6) is 0 Å². The minimum Gasteiger partial charge on any atom is -0.455 e. The first-order valence-electron chi connectivity index (χ1n) is 6.34. The lowest BCUT2D eigenvalue weighted by molar-refractivity contribution is -0.151. The van der Waals surface area contributed by atoms with E-state index in [1.165, 1.54) is 6.92 Å². The number of benzene rings is 1. The first kappa shape index (κ1) is 17.8. The minimum absolute atomic E-state index is 0.0489. The number of nitrogens with one attached hydrogen (secondary N) is 1. The van der Waals surface area contributed by atoms with Crippen molar-refractivity contribution < 1.29 is 23.9 Å². The largest absolute Gasteiger partial charge is 0.455 e. The van der Waals surface area contributed by atoms with Gasteiger partial charge in [0, 0.05) is 16.5 Å². The van der Waals surface area contributed by atoms with Gasteiger partial charge in [0.05, 0.1) is 5.92 Å². The smallest absolute Gasteiger partial charge is 0.318 e. The van der Waals surface area contributed by atoms with Crippen LogP contribution in [0.15, 0.2) is 28.7 Å². The highest BCUT2D eigenvalue weighted by Crippen LogP contribution is 2.16. The van der Waals surface area contributed by atoms with E-state index in [1.54, 1.807) is 29.6 Å². The van der Waals surface area contributed by atoms with Gasteiger partial charge in [-0.25, -0.2) is 4.79 Å². The molecule has 0 aliphatic heterocycles. The van der Waals surface area contributed by atoms with Crippen molar-refractivity contribution in [2.24, 2.45) is 11.7 Å². The summed E-state index contributed by atoms with van der Waals surface area (Å²) in [6.45, 7) is 0.890. The number of carbonyl (C=O) groups is 4. The summed E-state index contributed by atoms with van der Waals surface area (Å²) in [5.41, 5.74) is 5.21. The lowest BCUT2D eigenvalue weighted by atomic mass is 10.00. The summed E-state index contributed by atoms with van der Waals surface area (Å²) in [4.78, 5) is 45.2. The predicted octanol–water partition coefficient (Wildman–Crippen LogP) is 1.40. The average molecular weight is 371 g/mol. The maximum Gasteiger partial charge on any atom is 0.318 e. The maximum atomic E-state index is 12.0. The number of Topliss-reactive ketones (excluding diaryl/α,β-unsaturated/α-hetero) is 1. The molecule has 0 saturated heterocycles. The van der Waals surface area contributed by atoms with Gasteiger partial charge in [-0.3, -0.25) is 19.7 Å². The first-order chi connectivity index (χ1) is 10.3. The number of carbonyl (C=O) groups excluding carboxylic acids is 4. The highest BCUT2D eigenvalue weighted by molar-refractivity contribution is 9.10. The van der Waals surface area contributed by atoms with Crippen molar-refractivity contribution in [3.8, 4) is 0 Å². The van der Waals surface area contributed by atoms with E-state index in [2.05, 4.69) is 15.9 Å². The number of ketones is 1. The Balaban J connectivity index is 2.48. The number of imide groups is 1. The minimum atomic E-state index is -1.03. The summed E-state index contributed by atoms with van der Waals surface area (Å²) < 4.78 is 5.47. The standard InChI is InChI=1S/C14H15BrN2O5/c1-8(13(20)22-7-12(19)17-14(16)21)5-11(18)9-3-2-4-10(15)6-9/h2-4,6,8H,5,7H2,1H3,(H3,16,17,19,21)/t8-/m0/s1. The van der Waals surface area contributed by atoms with Crippen LogP contribution in [-0.4, -0.2) is 30.3 Å². The number of nitrogens with two attached hydrogens (primary N) is 1. The molecule has 0 unspecified atom stereocenters. The molecule has 22 heavy (non-hydrogen) atoms. The molecular formula is C14H15BrN2O5. The Bertz CT molecular complexity index is 603. The Labute approximate surface area is 135 Å². The lowest BCUT2D eigenvalue weighted by Gasteiger charge is -2.10. The summed E-state index contributed by atoms with van der Waals surface area (Å²) in [5, 5.41) is 1.76. The van der Waals surface area contributed by atoms with Crippen molar-refractivity contribution in [1.29, 1.82) is 0 Å². The van der Waals surface area contributed by atoms with Crippen LogP contribution < -0.4 is 11.1 Å². The number of primary amides is 1. The summed E-state index contributed by atoms with van der Waals surface area (Å²) in [6.07, 6.45) is -0.0489. The summed E-state index contributed by atoms with van der Waals surface area (Å²) in [6, 6.07) is 5.77. The summed E-state index contributed by atoms with van der Waals surface area (Å²) in [7, 11) is 0. The highest BCUT2D eigenvalue weighted by atomic mass is 79.9. The van der Waals surface area contributed by atoms with E-state index in [0.717, 1.165) is 4.47 Å². The Kier molecular flexibility index (Phi) is 6.71. The molecule has 0 aromatic heterocycles. The van der Waals surface area contributed by atoms with Gasteiger partial charge in [-0.1, -0.05) is 35.0 Å². The summed E-state index contributed by atoms with van der Waals surface area (Å²) in [5.74, 6) is -2.46.